The summed E-state index contributed by atoms with van der Waals surface area (Å²) in [5.74, 6) is 0. The molecule has 1 heterocycles. The Morgan fingerprint density at radius 3 is 2.57 bits per heavy atom. The third-order valence-electron chi connectivity index (χ3n) is 0.568. The second-order valence-corrected chi connectivity index (χ2v) is 0.989. The third kappa shape index (κ3) is 3.59. The summed E-state index contributed by atoms with van der Waals surface area (Å²) in [5, 5.41) is 2.93. The molecule has 42 valence electrons. The van der Waals surface area contributed by atoms with Crippen molar-refractivity contribution in [1.29, 1.82) is 0 Å². The summed E-state index contributed by atoms with van der Waals surface area (Å²) in [5.41, 5.74) is 0. The second kappa shape index (κ2) is 5.76. The maximum Gasteiger partial charge on any atom is 0.0825 e. The molecule has 7 heavy (non-hydrogen) atoms. The summed E-state index contributed by atoms with van der Waals surface area (Å²) in [6.45, 7) is 1.99. The van der Waals surface area contributed by atoms with Gasteiger partial charge in [-0.25, -0.2) is 0 Å². The summed E-state index contributed by atoms with van der Waals surface area (Å²) in [4.78, 5) is 3.85. The summed E-state index contributed by atoms with van der Waals surface area (Å²) >= 11 is 4.64. The van der Waals surface area contributed by atoms with E-state index in [1.54, 1.807) is 6.34 Å². The first-order valence-corrected chi connectivity index (χ1v) is 2.85. The van der Waals surface area contributed by atoms with Gasteiger partial charge < -0.3 is 5.32 Å². The second-order valence-electron chi connectivity index (χ2n) is 0.989. The molecule has 3 heteroatoms. The van der Waals surface area contributed by atoms with Crippen molar-refractivity contribution >= 4 is 17.9 Å². The topological polar surface area (TPSA) is 24.4 Å². The van der Waals surface area contributed by atoms with E-state index in [0.29, 0.717) is 0 Å². The van der Waals surface area contributed by atoms with E-state index in [2.05, 4.69) is 21.9 Å². The molecule has 0 aliphatic carbocycles. The number of hydrogen-bond donors (Lipinski definition) is 1. The molecule has 0 bridgehead atoms. The quantitative estimate of drug-likeness (QED) is 0.462. The Hall–Kier alpha value is -0.240. The fourth-order valence-corrected chi connectivity index (χ4v) is 0.323. The molecule has 1 aliphatic heterocycles. The Labute approximate surface area is 48.6 Å². The molecule has 0 saturated heterocycles. The van der Waals surface area contributed by atoms with Crippen LogP contribution in [0.3, 0.4) is 0 Å². The van der Waals surface area contributed by atoms with Crippen molar-refractivity contribution in [2.45, 2.75) is 0 Å². The molecular formula is C4H9ClN2. The Balaban J connectivity index is 0.000000162. The van der Waals surface area contributed by atoms with Crippen LogP contribution in [0.4, 0.5) is 0 Å². The number of halogens is 1. The predicted molar refractivity (Wildman–Crippen MR) is 33.1 cm³/mol. The zero-order valence-electron chi connectivity index (χ0n) is 4.32. The molecule has 0 fully saturated rings. The van der Waals surface area contributed by atoms with Crippen LogP contribution >= 0.6 is 11.6 Å². The molecule has 0 aromatic carbocycles. The van der Waals surface area contributed by atoms with Crippen LogP contribution in [0.15, 0.2) is 4.99 Å². The zero-order chi connectivity index (χ0) is 5.54. The van der Waals surface area contributed by atoms with Gasteiger partial charge in [0.2, 0.25) is 0 Å². The van der Waals surface area contributed by atoms with E-state index < -0.39 is 0 Å². The molecule has 1 aliphatic rings. The molecule has 0 amide bonds. The Morgan fingerprint density at radius 2 is 2.43 bits per heavy atom. The van der Waals surface area contributed by atoms with Gasteiger partial charge in [0, 0.05) is 12.9 Å². The number of rotatable bonds is 0. The van der Waals surface area contributed by atoms with Crippen LogP contribution in [0.5, 0.6) is 0 Å². The number of aliphatic imine (C=N–C) groups is 1. The smallest absolute Gasteiger partial charge is 0.0825 e. The lowest BCUT2D eigenvalue weighted by molar-refractivity contribution is 0.965. The molecule has 0 spiro atoms. The van der Waals surface area contributed by atoms with E-state index in [1.165, 1.54) is 6.38 Å². The van der Waals surface area contributed by atoms with Gasteiger partial charge in [0.05, 0.1) is 12.9 Å². The van der Waals surface area contributed by atoms with Crippen molar-refractivity contribution in [3.8, 4) is 0 Å². The summed E-state index contributed by atoms with van der Waals surface area (Å²) in [6, 6.07) is 0. The number of nitrogens with zero attached hydrogens (tertiary/aromatic N) is 1. The van der Waals surface area contributed by atoms with Gasteiger partial charge in [-0.1, -0.05) is 0 Å². The van der Waals surface area contributed by atoms with Gasteiger partial charge in [-0.15, -0.1) is 11.6 Å². The molecular weight excluding hydrogens is 112 g/mol. The van der Waals surface area contributed by atoms with E-state index in [-0.39, 0.29) is 0 Å². The van der Waals surface area contributed by atoms with Crippen LogP contribution in [-0.2, 0) is 0 Å². The number of hydrogen-bond acceptors (Lipinski definition) is 2. The average molecular weight is 121 g/mol. The van der Waals surface area contributed by atoms with Gasteiger partial charge in [0.25, 0.3) is 0 Å². The molecule has 1 rings (SSSR count). The highest BCUT2D eigenvalue weighted by atomic mass is 35.5. The van der Waals surface area contributed by atoms with Crippen molar-refractivity contribution < 1.29 is 0 Å². The minimum atomic E-state index is 0.958. The summed E-state index contributed by atoms with van der Waals surface area (Å²) in [6.07, 6.45) is 3.21. The number of alkyl halides is 1. The lowest BCUT2D eigenvalue weighted by Gasteiger charge is -1.75. The molecule has 0 aromatic rings. The van der Waals surface area contributed by atoms with Crippen molar-refractivity contribution in [3.63, 3.8) is 0 Å². The van der Waals surface area contributed by atoms with Crippen LogP contribution in [-0.4, -0.2) is 25.8 Å². The minimum Gasteiger partial charge on any atom is -0.375 e. The average Bonchev–Trinajstić information content (AvgIpc) is 2.23. The first kappa shape index (κ1) is 6.76. The van der Waals surface area contributed by atoms with Gasteiger partial charge in [0.1, 0.15) is 0 Å². The van der Waals surface area contributed by atoms with Crippen LogP contribution < -0.4 is 5.32 Å². The number of nitrogens with one attached hydrogen (secondary N) is 1. The summed E-state index contributed by atoms with van der Waals surface area (Å²) in [7, 11) is 0. The molecule has 0 atom stereocenters. The van der Waals surface area contributed by atoms with Gasteiger partial charge >= 0.3 is 0 Å². The maximum atomic E-state index is 4.64. The van der Waals surface area contributed by atoms with E-state index in [9.17, 15) is 0 Å². The molecule has 2 nitrogen and oxygen atoms in total. The highest BCUT2D eigenvalue weighted by Crippen LogP contribution is 1.68. The summed E-state index contributed by atoms with van der Waals surface area (Å²) < 4.78 is 0. The fraction of sp³-hybridized carbons (Fsp3) is 0.750. The molecule has 0 unspecified atom stereocenters. The Morgan fingerprint density at radius 1 is 1.71 bits per heavy atom. The van der Waals surface area contributed by atoms with Gasteiger partial charge in [-0.3, -0.25) is 4.99 Å². The van der Waals surface area contributed by atoms with Crippen LogP contribution in [0.25, 0.3) is 0 Å². The molecule has 0 saturated carbocycles. The van der Waals surface area contributed by atoms with Gasteiger partial charge in [-0.2, -0.15) is 0 Å². The predicted octanol–water partition coefficient (Wildman–Crippen LogP) is 0.473. The lowest BCUT2D eigenvalue weighted by atomic mass is 10.7. The Bertz CT molecular complexity index is 47.7. The SMILES string of the molecule is C1=NCCN1.CCl. The van der Waals surface area contributed by atoms with Gasteiger partial charge in [0.15, 0.2) is 0 Å². The van der Waals surface area contributed by atoms with E-state index in [4.69, 9.17) is 0 Å². The van der Waals surface area contributed by atoms with Crippen molar-refractivity contribution in [1.82, 2.24) is 5.32 Å². The normalized spacial score (nSPS) is 14.6. The molecule has 1 N–H and O–H groups in total. The van der Waals surface area contributed by atoms with Crippen molar-refractivity contribution in [3.05, 3.63) is 0 Å². The van der Waals surface area contributed by atoms with Gasteiger partial charge in [-0.05, 0) is 0 Å². The minimum absolute atomic E-state index is 0.958. The van der Waals surface area contributed by atoms with Crippen molar-refractivity contribution in [2.24, 2.45) is 4.99 Å². The van der Waals surface area contributed by atoms with Crippen molar-refractivity contribution in [2.75, 3.05) is 19.5 Å². The Kier molecular flexibility index (Phi) is 5.56. The zero-order valence-corrected chi connectivity index (χ0v) is 5.07. The standard InChI is InChI=1S/C3H6N2.CH3Cl/c1-2-5-3-4-1;1-2/h3H,1-2H2,(H,4,5);1H3. The van der Waals surface area contributed by atoms with Crippen LogP contribution in [0.1, 0.15) is 0 Å². The first-order chi connectivity index (χ1) is 3.50. The van der Waals surface area contributed by atoms with E-state index in [1.807, 2.05) is 0 Å². The monoisotopic (exact) mass is 120 g/mol. The maximum absolute atomic E-state index is 4.64. The highest BCUT2D eigenvalue weighted by Gasteiger charge is 1.82. The fourth-order valence-electron chi connectivity index (χ4n) is 0.323. The third-order valence-corrected chi connectivity index (χ3v) is 0.568. The molecule has 0 aromatic heterocycles. The lowest BCUT2D eigenvalue weighted by Crippen LogP contribution is -2.04. The molecule has 0 radical (unpaired) electrons. The largest absolute Gasteiger partial charge is 0.375 e. The van der Waals surface area contributed by atoms with Crippen LogP contribution in [0.2, 0.25) is 0 Å². The van der Waals surface area contributed by atoms with E-state index >= 15 is 0 Å². The highest BCUT2D eigenvalue weighted by molar-refractivity contribution is 6.15. The van der Waals surface area contributed by atoms with E-state index in [0.717, 1.165) is 13.1 Å². The van der Waals surface area contributed by atoms with Crippen LogP contribution in [0, 0.1) is 0 Å². The first-order valence-electron chi connectivity index (χ1n) is 2.09.